The average Bonchev–Trinajstić information content (AvgIpc) is 2.38. The number of hydrogen-bond acceptors (Lipinski definition) is 2. The number of nitrogens with one attached hydrogen (secondary N) is 1. The zero-order valence-corrected chi connectivity index (χ0v) is 12.2. The molecule has 0 spiro atoms. The molecule has 0 bridgehead atoms. The second kappa shape index (κ2) is 9.12. The molecular formula is C16H28N2. The van der Waals surface area contributed by atoms with Gasteiger partial charge in [0.15, 0.2) is 0 Å². The van der Waals surface area contributed by atoms with Gasteiger partial charge < -0.3 is 10.2 Å². The summed E-state index contributed by atoms with van der Waals surface area (Å²) < 4.78 is 0. The van der Waals surface area contributed by atoms with E-state index in [2.05, 4.69) is 61.6 Å². The summed E-state index contributed by atoms with van der Waals surface area (Å²) in [6.45, 7) is 5.78. The highest BCUT2D eigenvalue weighted by Crippen LogP contribution is 2.17. The summed E-state index contributed by atoms with van der Waals surface area (Å²) in [6, 6.07) is 10.8. The van der Waals surface area contributed by atoms with Gasteiger partial charge in [0.1, 0.15) is 0 Å². The summed E-state index contributed by atoms with van der Waals surface area (Å²) in [5, 5.41) is 3.54. The van der Waals surface area contributed by atoms with Gasteiger partial charge in [-0.15, -0.1) is 0 Å². The molecule has 0 aliphatic carbocycles. The molecule has 2 nitrogen and oxygen atoms in total. The number of hydrogen-bond donors (Lipinski definition) is 1. The maximum Gasteiger partial charge on any atom is -0.00244 e. The molecular weight excluding hydrogens is 220 g/mol. The summed E-state index contributed by atoms with van der Waals surface area (Å²) >= 11 is 0. The van der Waals surface area contributed by atoms with E-state index in [0.29, 0.717) is 5.92 Å². The van der Waals surface area contributed by atoms with E-state index in [1.54, 1.807) is 0 Å². The molecule has 1 aromatic carbocycles. The van der Waals surface area contributed by atoms with Gasteiger partial charge in [0, 0.05) is 0 Å². The Balaban J connectivity index is 2.01. The molecule has 1 rings (SSSR count). The highest BCUT2D eigenvalue weighted by Gasteiger charge is 2.03. The van der Waals surface area contributed by atoms with Crippen molar-refractivity contribution in [1.82, 2.24) is 10.2 Å². The molecule has 2 heteroatoms. The minimum Gasteiger partial charge on any atom is -0.317 e. The first-order valence-corrected chi connectivity index (χ1v) is 7.10. The first-order chi connectivity index (χ1) is 8.70. The quantitative estimate of drug-likeness (QED) is 0.676. The summed E-state index contributed by atoms with van der Waals surface area (Å²) in [7, 11) is 4.27. The van der Waals surface area contributed by atoms with Crippen LogP contribution in [-0.4, -0.2) is 38.6 Å². The zero-order chi connectivity index (χ0) is 13.2. The van der Waals surface area contributed by atoms with E-state index in [9.17, 15) is 0 Å². The molecule has 0 fully saturated rings. The number of benzene rings is 1. The molecule has 0 aromatic heterocycles. The Morgan fingerprint density at radius 2 is 1.78 bits per heavy atom. The molecule has 0 saturated heterocycles. The Morgan fingerprint density at radius 3 is 2.44 bits per heavy atom. The van der Waals surface area contributed by atoms with Crippen LogP contribution in [0.3, 0.4) is 0 Å². The normalized spacial score (nSPS) is 12.9. The molecule has 0 aliphatic rings. The van der Waals surface area contributed by atoms with Gasteiger partial charge in [-0.1, -0.05) is 37.3 Å². The van der Waals surface area contributed by atoms with Crippen molar-refractivity contribution in [2.45, 2.75) is 32.1 Å². The topological polar surface area (TPSA) is 15.3 Å². The van der Waals surface area contributed by atoms with Crippen LogP contribution in [-0.2, 0) is 0 Å². The molecule has 1 N–H and O–H groups in total. The monoisotopic (exact) mass is 248 g/mol. The van der Waals surface area contributed by atoms with E-state index >= 15 is 0 Å². The fraction of sp³-hybridized carbons (Fsp3) is 0.625. The second-order valence-corrected chi connectivity index (χ2v) is 5.36. The maximum atomic E-state index is 3.54. The Morgan fingerprint density at radius 1 is 1.06 bits per heavy atom. The fourth-order valence-corrected chi connectivity index (χ4v) is 2.07. The molecule has 1 atom stereocenters. The van der Waals surface area contributed by atoms with Gasteiger partial charge in [0.05, 0.1) is 0 Å². The van der Waals surface area contributed by atoms with Crippen LogP contribution in [0, 0.1) is 0 Å². The molecule has 0 aliphatic heterocycles. The summed E-state index contributed by atoms with van der Waals surface area (Å²) in [6.07, 6.45) is 3.78. The molecule has 0 amide bonds. The van der Waals surface area contributed by atoms with Crippen LogP contribution in [0.2, 0.25) is 0 Å². The van der Waals surface area contributed by atoms with Crippen molar-refractivity contribution < 1.29 is 0 Å². The molecule has 1 unspecified atom stereocenters. The lowest BCUT2D eigenvalue weighted by Gasteiger charge is -2.13. The fourth-order valence-electron chi connectivity index (χ4n) is 2.07. The van der Waals surface area contributed by atoms with Crippen molar-refractivity contribution in [3.05, 3.63) is 35.9 Å². The van der Waals surface area contributed by atoms with Crippen LogP contribution >= 0.6 is 0 Å². The lowest BCUT2D eigenvalue weighted by molar-refractivity contribution is 0.391. The van der Waals surface area contributed by atoms with Crippen LogP contribution in [0.4, 0.5) is 0 Å². The van der Waals surface area contributed by atoms with Crippen LogP contribution < -0.4 is 5.32 Å². The Bertz CT molecular complexity index is 295. The molecule has 1 aromatic rings. The van der Waals surface area contributed by atoms with Gasteiger partial charge in [-0.2, -0.15) is 0 Å². The van der Waals surface area contributed by atoms with Gasteiger partial charge in [0.25, 0.3) is 0 Å². The molecule has 0 heterocycles. The van der Waals surface area contributed by atoms with E-state index in [4.69, 9.17) is 0 Å². The SMILES string of the molecule is CC(CCNCCCCN(C)C)c1ccccc1. The first kappa shape index (κ1) is 15.2. The highest BCUT2D eigenvalue weighted by atomic mass is 15.0. The molecule has 0 radical (unpaired) electrons. The predicted octanol–water partition coefficient (Wildman–Crippen LogP) is 3.11. The van der Waals surface area contributed by atoms with Gasteiger partial charge in [-0.05, 0) is 64.5 Å². The van der Waals surface area contributed by atoms with E-state index in [1.165, 1.54) is 31.4 Å². The number of nitrogens with zero attached hydrogens (tertiary/aromatic N) is 1. The van der Waals surface area contributed by atoms with E-state index in [-0.39, 0.29) is 0 Å². The molecule has 102 valence electrons. The third-order valence-electron chi connectivity index (χ3n) is 3.33. The van der Waals surface area contributed by atoms with Gasteiger partial charge in [-0.3, -0.25) is 0 Å². The molecule has 0 saturated carbocycles. The van der Waals surface area contributed by atoms with Crippen molar-refractivity contribution in [2.24, 2.45) is 0 Å². The van der Waals surface area contributed by atoms with Gasteiger partial charge in [0.2, 0.25) is 0 Å². The van der Waals surface area contributed by atoms with Crippen LogP contribution in [0.1, 0.15) is 37.7 Å². The zero-order valence-electron chi connectivity index (χ0n) is 12.2. The van der Waals surface area contributed by atoms with Crippen molar-refractivity contribution in [3.8, 4) is 0 Å². The third kappa shape index (κ3) is 6.77. The lowest BCUT2D eigenvalue weighted by atomic mass is 9.98. The summed E-state index contributed by atoms with van der Waals surface area (Å²) in [4.78, 5) is 2.25. The standard InChI is InChI=1S/C16H28N2/c1-15(16-9-5-4-6-10-16)11-13-17-12-7-8-14-18(2)3/h4-6,9-10,15,17H,7-8,11-14H2,1-3H3. The lowest BCUT2D eigenvalue weighted by Crippen LogP contribution is -2.20. The van der Waals surface area contributed by atoms with Crippen molar-refractivity contribution in [1.29, 1.82) is 0 Å². The largest absolute Gasteiger partial charge is 0.317 e. The van der Waals surface area contributed by atoms with E-state index in [0.717, 1.165) is 13.1 Å². The van der Waals surface area contributed by atoms with Crippen LogP contribution in [0.15, 0.2) is 30.3 Å². The third-order valence-corrected chi connectivity index (χ3v) is 3.33. The van der Waals surface area contributed by atoms with Crippen LogP contribution in [0.25, 0.3) is 0 Å². The van der Waals surface area contributed by atoms with Crippen molar-refractivity contribution >= 4 is 0 Å². The maximum absolute atomic E-state index is 3.54. The second-order valence-electron chi connectivity index (χ2n) is 5.36. The average molecular weight is 248 g/mol. The summed E-state index contributed by atoms with van der Waals surface area (Å²) in [5.74, 6) is 0.653. The Hall–Kier alpha value is -0.860. The first-order valence-electron chi connectivity index (χ1n) is 7.10. The van der Waals surface area contributed by atoms with Crippen molar-refractivity contribution in [3.63, 3.8) is 0 Å². The van der Waals surface area contributed by atoms with Gasteiger partial charge in [-0.25, -0.2) is 0 Å². The number of rotatable bonds is 9. The molecule has 18 heavy (non-hydrogen) atoms. The minimum absolute atomic E-state index is 0.653. The van der Waals surface area contributed by atoms with E-state index < -0.39 is 0 Å². The Kier molecular flexibility index (Phi) is 7.70. The summed E-state index contributed by atoms with van der Waals surface area (Å²) in [5.41, 5.74) is 1.45. The Labute approximate surface area is 112 Å². The van der Waals surface area contributed by atoms with E-state index in [1.807, 2.05) is 0 Å². The number of unbranched alkanes of at least 4 members (excludes halogenated alkanes) is 1. The predicted molar refractivity (Wildman–Crippen MR) is 80.1 cm³/mol. The van der Waals surface area contributed by atoms with Crippen LogP contribution in [0.5, 0.6) is 0 Å². The smallest absolute Gasteiger partial charge is 0.00244 e. The minimum atomic E-state index is 0.653. The highest BCUT2D eigenvalue weighted by molar-refractivity contribution is 5.18. The van der Waals surface area contributed by atoms with Crippen molar-refractivity contribution in [2.75, 3.05) is 33.7 Å². The van der Waals surface area contributed by atoms with Gasteiger partial charge >= 0.3 is 0 Å².